The predicted molar refractivity (Wildman–Crippen MR) is 93.9 cm³/mol. The van der Waals surface area contributed by atoms with Crippen LogP contribution in [0.25, 0.3) is 0 Å². The van der Waals surface area contributed by atoms with Crippen LogP contribution in [-0.2, 0) is 16.1 Å². The van der Waals surface area contributed by atoms with Crippen molar-refractivity contribution >= 4 is 5.91 Å². The van der Waals surface area contributed by atoms with Gasteiger partial charge in [0.05, 0.1) is 0 Å². The Labute approximate surface area is 145 Å². The topological polar surface area (TPSA) is 47.4 Å². The molecule has 1 aromatic heterocycles. The molecule has 2 saturated heterocycles. The van der Waals surface area contributed by atoms with Gasteiger partial charge in [-0.3, -0.25) is 4.79 Å². The van der Waals surface area contributed by atoms with E-state index in [0.29, 0.717) is 17.7 Å². The van der Waals surface area contributed by atoms with E-state index in [0.717, 1.165) is 52.1 Å². The van der Waals surface area contributed by atoms with Crippen LogP contribution in [0.15, 0.2) is 6.20 Å². The summed E-state index contributed by atoms with van der Waals surface area (Å²) in [4.78, 5) is 19.1. The second-order valence-electron chi connectivity index (χ2n) is 7.70. The van der Waals surface area contributed by atoms with Gasteiger partial charge < -0.3 is 14.2 Å². The van der Waals surface area contributed by atoms with E-state index < -0.39 is 0 Å². The molecule has 24 heavy (non-hydrogen) atoms. The maximum atomic E-state index is 12.3. The number of nitrogens with zero attached hydrogens (tertiary/aromatic N) is 3. The van der Waals surface area contributed by atoms with E-state index in [1.165, 1.54) is 17.9 Å². The van der Waals surface area contributed by atoms with Gasteiger partial charge in [0.25, 0.3) is 0 Å². The summed E-state index contributed by atoms with van der Waals surface area (Å²) in [5.74, 6) is 2.67. The van der Waals surface area contributed by atoms with Crippen molar-refractivity contribution in [1.29, 1.82) is 0 Å². The molecule has 2 fully saturated rings. The monoisotopic (exact) mass is 333 g/mol. The first-order chi connectivity index (χ1) is 11.6. The molecule has 3 rings (SSSR count). The lowest BCUT2D eigenvalue weighted by Crippen LogP contribution is -2.43. The van der Waals surface area contributed by atoms with E-state index in [-0.39, 0.29) is 5.92 Å². The Kier molecular flexibility index (Phi) is 5.59. The minimum Gasteiger partial charge on any atom is -0.381 e. The molecule has 0 aromatic carbocycles. The van der Waals surface area contributed by atoms with Crippen molar-refractivity contribution in [3.8, 4) is 0 Å². The molecule has 1 unspecified atom stereocenters. The fraction of sp³-hybridized carbons (Fsp3) is 0.789. The number of aromatic nitrogens is 2. The van der Waals surface area contributed by atoms with E-state index in [4.69, 9.17) is 9.72 Å². The Bertz CT molecular complexity index is 561. The summed E-state index contributed by atoms with van der Waals surface area (Å²) >= 11 is 0. The molecule has 0 N–H and O–H groups in total. The minimum absolute atomic E-state index is 0.0940. The highest BCUT2D eigenvalue weighted by molar-refractivity contribution is 5.78. The number of amides is 1. The fourth-order valence-electron chi connectivity index (χ4n) is 4.04. The number of piperidine rings is 1. The van der Waals surface area contributed by atoms with Crippen LogP contribution in [0.1, 0.15) is 57.0 Å². The first-order valence-electron chi connectivity index (χ1n) is 9.44. The van der Waals surface area contributed by atoms with Gasteiger partial charge in [-0.15, -0.1) is 0 Å². The van der Waals surface area contributed by atoms with Crippen LogP contribution in [0.3, 0.4) is 0 Å². The van der Waals surface area contributed by atoms with Crippen molar-refractivity contribution in [2.75, 3.05) is 26.3 Å². The SMILES string of the molecule is Cc1cnc(C2CCOCC2)n1CC1CCCN(C(=O)C(C)C)C1. The molecule has 0 spiro atoms. The van der Waals surface area contributed by atoms with Crippen molar-refractivity contribution in [2.45, 2.75) is 58.9 Å². The summed E-state index contributed by atoms with van der Waals surface area (Å²) in [6.07, 6.45) is 6.46. The summed E-state index contributed by atoms with van der Waals surface area (Å²) in [5, 5.41) is 0. The Balaban J connectivity index is 1.69. The quantitative estimate of drug-likeness (QED) is 0.851. The zero-order valence-corrected chi connectivity index (χ0v) is 15.3. The summed E-state index contributed by atoms with van der Waals surface area (Å²) in [6, 6.07) is 0. The Hall–Kier alpha value is -1.36. The number of ether oxygens (including phenoxy) is 1. The van der Waals surface area contributed by atoms with E-state index in [1.807, 2.05) is 20.0 Å². The number of carbonyl (C=O) groups is 1. The van der Waals surface area contributed by atoms with Crippen LogP contribution in [-0.4, -0.2) is 46.7 Å². The summed E-state index contributed by atoms with van der Waals surface area (Å²) in [6.45, 7) is 10.6. The lowest BCUT2D eigenvalue weighted by molar-refractivity contribution is -0.136. The fourth-order valence-corrected chi connectivity index (χ4v) is 4.04. The number of likely N-dealkylation sites (tertiary alicyclic amines) is 1. The summed E-state index contributed by atoms with van der Waals surface area (Å²) in [5.41, 5.74) is 1.24. The highest BCUT2D eigenvalue weighted by atomic mass is 16.5. The average Bonchev–Trinajstić information content (AvgIpc) is 2.96. The van der Waals surface area contributed by atoms with Crippen molar-refractivity contribution in [3.63, 3.8) is 0 Å². The molecular weight excluding hydrogens is 302 g/mol. The van der Waals surface area contributed by atoms with Crippen LogP contribution in [0, 0.1) is 18.8 Å². The van der Waals surface area contributed by atoms with E-state index in [2.05, 4.69) is 16.4 Å². The summed E-state index contributed by atoms with van der Waals surface area (Å²) < 4.78 is 7.91. The van der Waals surface area contributed by atoms with Crippen LogP contribution in [0.2, 0.25) is 0 Å². The molecule has 2 aliphatic heterocycles. The van der Waals surface area contributed by atoms with Gasteiger partial charge in [0.2, 0.25) is 5.91 Å². The second kappa shape index (κ2) is 7.68. The van der Waals surface area contributed by atoms with Crippen molar-refractivity contribution in [1.82, 2.24) is 14.5 Å². The third-order valence-electron chi connectivity index (χ3n) is 5.44. The molecular formula is C19H31N3O2. The lowest BCUT2D eigenvalue weighted by Gasteiger charge is -2.35. The number of hydrogen-bond donors (Lipinski definition) is 0. The van der Waals surface area contributed by atoms with Gasteiger partial charge in [-0.05, 0) is 38.5 Å². The third-order valence-corrected chi connectivity index (χ3v) is 5.44. The number of carbonyl (C=O) groups excluding carboxylic acids is 1. The molecule has 3 heterocycles. The second-order valence-corrected chi connectivity index (χ2v) is 7.70. The molecule has 0 radical (unpaired) electrons. The highest BCUT2D eigenvalue weighted by Gasteiger charge is 2.27. The molecule has 0 bridgehead atoms. The molecule has 5 nitrogen and oxygen atoms in total. The number of aryl methyl sites for hydroxylation is 1. The average molecular weight is 333 g/mol. The number of hydrogen-bond acceptors (Lipinski definition) is 3. The zero-order chi connectivity index (χ0) is 17.1. The highest BCUT2D eigenvalue weighted by Crippen LogP contribution is 2.28. The van der Waals surface area contributed by atoms with Crippen LogP contribution in [0.4, 0.5) is 0 Å². The number of rotatable bonds is 4. The minimum atomic E-state index is 0.0940. The molecule has 1 aromatic rings. The molecule has 5 heteroatoms. The van der Waals surface area contributed by atoms with E-state index >= 15 is 0 Å². The molecule has 1 amide bonds. The largest absolute Gasteiger partial charge is 0.381 e. The number of imidazole rings is 1. The lowest BCUT2D eigenvalue weighted by atomic mass is 9.95. The first kappa shape index (κ1) is 17.5. The van der Waals surface area contributed by atoms with Crippen LogP contribution >= 0.6 is 0 Å². The van der Waals surface area contributed by atoms with Gasteiger partial charge in [-0.25, -0.2) is 4.98 Å². The van der Waals surface area contributed by atoms with Gasteiger partial charge in [-0.2, -0.15) is 0 Å². The predicted octanol–water partition coefficient (Wildman–Crippen LogP) is 2.98. The third kappa shape index (κ3) is 3.82. The maximum Gasteiger partial charge on any atom is 0.225 e. The van der Waals surface area contributed by atoms with Gasteiger partial charge in [0.1, 0.15) is 5.82 Å². The smallest absolute Gasteiger partial charge is 0.225 e. The molecule has 0 aliphatic carbocycles. The van der Waals surface area contributed by atoms with Crippen molar-refractivity contribution < 1.29 is 9.53 Å². The summed E-state index contributed by atoms with van der Waals surface area (Å²) in [7, 11) is 0. The molecule has 2 aliphatic rings. The standard InChI is InChI=1S/C19H31N3O2/c1-14(2)19(23)21-8-4-5-16(12-21)13-22-15(3)11-20-18(22)17-6-9-24-10-7-17/h11,14,16-17H,4-10,12-13H2,1-3H3. The van der Waals surface area contributed by atoms with E-state index in [9.17, 15) is 4.79 Å². The van der Waals surface area contributed by atoms with Crippen molar-refractivity contribution in [2.24, 2.45) is 11.8 Å². The van der Waals surface area contributed by atoms with Gasteiger partial charge in [0.15, 0.2) is 0 Å². The van der Waals surface area contributed by atoms with Gasteiger partial charge in [0, 0.05) is 56.6 Å². The zero-order valence-electron chi connectivity index (χ0n) is 15.3. The normalized spacial score (nSPS) is 23.0. The van der Waals surface area contributed by atoms with Gasteiger partial charge in [-0.1, -0.05) is 13.8 Å². The Morgan fingerprint density at radius 3 is 2.79 bits per heavy atom. The van der Waals surface area contributed by atoms with E-state index in [1.54, 1.807) is 0 Å². The Morgan fingerprint density at radius 2 is 2.08 bits per heavy atom. The van der Waals surface area contributed by atoms with Crippen molar-refractivity contribution in [3.05, 3.63) is 17.7 Å². The molecule has 0 saturated carbocycles. The van der Waals surface area contributed by atoms with Crippen LogP contribution in [0.5, 0.6) is 0 Å². The first-order valence-corrected chi connectivity index (χ1v) is 9.44. The molecule has 134 valence electrons. The Morgan fingerprint density at radius 1 is 1.33 bits per heavy atom. The maximum absolute atomic E-state index is 12.3. The van der Waals surface area contributed by atoms with Crippen LogP contribution < -0.4 is 0 Å². The van der Waals surface area contributed by atoms with Gasteiger partial charge >= 0.3 is 0 Å². The molecule has 1 atom stereocenters.